The molecule has 110 valence electrons. The number of nitrogens with zero attached hydrogens (tertiary/aromatic N) is 1. The van der Waals surface area contributed by atoms with Crippen LogP contribution in [-0.4, -0.2) is 40.3 Å². The van der Waals surface area contributed by atoms with Crippen LogP contribution in [0.5, 0.6) is 5.75 Å². The van der Waals surface area contributed by atoms with Gasteiger partial charge in [0.05, 0.1) is 5.52 Å². The zero-order chi connectivity index (χ0) is 14.9. The van der Waals surface area contributed by atoms with Crippen LogP contribution in [0.2, 0.25) is 5.15 Å². The van der Waals surface area contributed by atoms with Crippen LogP contribution in [0, 0.1) is 0 Å². The van der Waals surface area contributed by atoms with Gasteiger partial charge in [0.25, 0.3) is 0 Å². The average molecular weight is 319 g/mol. The highest BCUT2D eigenvalue weighted by atomic mass is 35.5. The summed E-state index contributed by atoms with van der Waals surface area (Å²) < 4.78 is 15.8. The number of rotatable bonds is 5. The maximum Gasteiger partial charge on any atom is 0.524 e. The fourth-order valence-electron chi connectivity index (χ4n) is 2.02. The number of fused-ring (bicyclic) bond motifs is 1. The van der Waals surface area contributed by atoms with Crippen molar-refractivity contribution < 1.29 is 18.9 Å². The van der Waals surface area contributed by atoms with E-state index in [1.165, 1.54) is 6.07 Å². The van der Waals surface area contributed by atoms with Crippen LogP contribution in [0.15, 0.2) is 18.2 Å². The third-order valence-electron chi connectivity index (χ3n) is 2.86. The van der Waals surface area contributed by atoms with E-state index in [-0.39, 0.29) is 5.75 Å². The van der Waals surface area contributed by atoms with Crippen LogP contribution < -0.4 is 4.52 Å². The third kappa shape index (κ3) is 3.53. The van der Waals surface area contributed by atoms with Crippen molar-refractivity contribution in [1.29, 1.82) is 0 Å². The van der Waals surface area contributed by atoms with Crippen LogP contribution in [-0.2, 0) is 11.0 Å². The molecule has 2 rings (SSSR count). The number of phosphoric acid groups is 1. The summed E-state index contributed by atoms with van der Waals surface area (Å²) in [6.07, 6.45) is 0.646. The summed E-state index contributed by atoms with van der Waals surface area (Å²) in [6, 6.07) is 4.95. The number of benzene rings is 1. The predicted octanol–water partition coefficient (Wildman–Crippen LogP) is 2.40. The smallest absolute Gasteiger partial charge is 0.404 e. The number of nitrogens with one attached hydrogen (secondary N) is 1. The molecule has 0 aliphatic carbocycles. The van der Waals surface area contributed by atoms with Crippen molar-refractivity contribution in [2.75, 3.05) is 20.6 Å². The lowest BCUT2D eigenvalue weighted by Crippen LogP contribution is -2.15. The highest BCUT2D eigenvalue weighted by Crippen LogP contribution is 2.42. The van der Waals surface area contributed by atoms with Crippen LogP contribution in [0.4, 0.5) is 0 Å². The van der Waals surface area contributed by atoms with Crippen LogP contribution in [0.1, 0.15) is 5.56 Å². The fourth-order valence-corrected chi connectivity index (χ4v) is 2.72. The van der Waals surface area contributed by atoms with Gasteiger partial charge in [-0.15, -0.1) is 0 Å². The minimum Gasteiger partial charge on any atom is -0.404 e. The van der Waals surface area contributed by atoms with Crippen molar-refractivity contribution in [3.8, 4) is 5.75 Å². The normalized spacial score (nSPS) is 12.3. The van der Waals surface area contributed by atoms with Crippen LogP contribution in [0.25, 0.3) is 10.9 Å². The Hall–Kier alpha value is -1.04. The first-order chi connectivity index (χ1) is 9.28. The summed E-state index contributed by atoms with van der Waals surface area (Å²) in [4.78, 5) is 23.0. The van der Waals surface area contributed by atoms with Gasteiger partial charge >= 0.3 is 7.82 Å². The molecule has 0 saturated carbocycles. The lowest BCUT2D eigenvalue weighted by Gasteiger charge is -2.11. The molecular formula is C12H16ClN2O4P. The van der Waals surface area contributed by atoms with Crippen molar-refractivity contribution in [3.05, 3.63) is 28.9 Å². The van der Waals surface area contributed by atoms with Gasteiger partial charge in [0.2, 0.25) is 0 Å². The molecule has 0 amide bonds. The van der Waals surface area contributed by atoms with Gasteiger partial charge in [-0.1, -0.05) is 17.7 Å². The van der Waals surface area contributed by atoms with Crippen LogP contribution in [0.3, 0.4) is 0 Å². The zero-order valence-corrected chi connectivity index (χ0v) is 12.8. The lowest BCUT2D eigenvalue weighted by molar-refractivity contribution is 0.284. The van der Waals surface area contributed by atoms with Gasteiger partial charge in [-0.2, -0.15) is 0 Å². The van der Waals surface area contributed by atoms with E-state index >= 15 is 0 Å². The summed E-state index contributed by atoms with van der Waals surface area (Å²) in [7, 11) is -0.727. The Labute approximate surface area is 121 Å². The van der Waals surface area contributed by atoms with E-state index in [4.69, 9.17) is 25.9 Å². The largest absolute Gasteiger partial charge is 0.524 e. The quantitative estimate of drug-likeness (QED) is 0.737. The number of H-pyrrole nitrogens is 1. The first kappa shape index (κ1) is 15.4. The SMILES string of the molecule is CN(C)CCc1c(Cl)[nH]c2cccc(OP(=O)(O)O)c12. The van der Waals surface area contributed by atoms with Crippen molar-refractivity contribution in [2.24, 2.45) is 0 Å². The summed E-state index contributed by atoms with van der Waals surface area (Å²) in [5.74, 6) is 0.132. The number of hydrogen-bond acceptors (Lipinski definition) is 3. The second kappa shape index (κ2) is 5.76. The Morgan fingerprint density at radius 1 is 1.40 bits per heavy atom. The van der Waals surface area contributed by atoms with Gasteiger partial charge in [-0.05, 0) is 32.6 Å². The van der Waals surface area contributed by atoms with Crippen LogP contribution >= 0.6 is 19.4 Å². The topological polar surface area (TPSA) is 85.8 Å². The Kier molecular flexibility index (Phi) is 4.42. The molecule has 0 aliphatic rings. The number of aromatic amines is 1. The molecule has 3 N–H and O–H groups in total. The molecule has 0 unspecified atom stereocenters. The van der Waals surface area contributed by atoms with Gasteiger partial charge in [0.15, 0.2) is 0 Å². The molecule has 2 aromatic rings. The van der Waals surface area contributed by atoms with E-state index < -0.39 is 7.82 Å². The monoisotopic (exact) mass is 318 g/mol. The van der Waals surface area contributed by atoms with E-state index in [0.29, 0.717) is 22.5 Å². The zero-order valence-electron chi connectivity index (χ0n) is 11.1. The van der Waals surface area contributed by atoms with E-state index in [0.717, 1.165) is 12.1 Å². The van der Waals surface area contributed by atoms with E-state index in [1.54, 1.807) is 12.1 Å². The molecular weight excluding hydrogens is 303 g/mol. The third-order valence-corrected chi connectivity index (χ3v) is 3.62. The molecule has 0 bridgehead atoms. The first-order valence-electron chi connectivity index (χ1n) is 5.97. The van der Waals surface area contributed by atoms with Crippen molar-refractivity contribution in [3.63, 3.8) is 0 Å². The second-order valence-electron chi connectivity index (χ2n) is 4.73. The number of aromatic nitrogens is 1. The Morgan fingerprint density at radius 2 is 2.10 bits per heavy atom. The van der Waals surface area contributed by atoms with Gasteiger partial charge in [0.1, 0.15) is 10.9 Å². The molecule has 1 aromatic heterocycles. The summed E-state index contributed by atoms with van der Waals surface area (Å²) in [5, 5.41) is 1.08. The van der Waals surface area contributed by atoms with E-state index in [2.05, 4.69) is 4.98 Å². The molecule has 0 fully saturated rings. The molecule has 1 aromatic carbocycles. The Morgan fingerprint density at radius 3 is 2.70 bits per heavy atom. The molecule has 6 nitrogen and oxygen atoms in total. The summed E-state index contributed by atoms with van der Waals surface area (Å²) in [6.45, 7) is 0.761. The maximum atomic E-state index is 11.0. The minimum absolute atomic E-state index is 0.132. The van der Waals surface area contributed by atoms with Crippen molar-refractivity contribution in [1.82, 2.24) is 9.88 Å². The minimum atomic E-state index is -4.61. The number of hydrogen-bond donors (Lipinski definition) is 3. The number of halogens is 1. The Bertz CT molecular complexity index is 665. The number of phosphoric ester groups is 1. The van der Waals surface area contributed by atoms with E-state index in [9.17, 15) is 4.57 Å². The molecule has 0 saturated heterocycles. The van der Waals surface area contributed by atoms with Crippen molar-refractivity contribution in [2.45, 2.75) is 6.42 Å². The maximum absolute atomic E-state index is 11.0. The lowest BCUT2D eigenvalue weighted by atomic mass is 10.1. The standard InChI is InChI=1S/C12H16ClN2O4P/c1-15(2)7-6-8-11-9(14-12(8)13)4-3-5-10(11)19-20(16,17)18/h3-5,14H,6-7H2,1-2H3,(H2,16,17,18). The first-order valence-corrected chi connectivity index (χ1v) is 7.87. The molecule has 20 heavy (non-hydrogen) atoms. The molecule has 1 heterocycles. The fraction of sp³-hybridized carbons (Fsp3) is 0.333. The predicted molar refractivity (Wildman–Crippen MR) is 78.2 cm³/mol. The molecule has 0 spiro atoms. The summed E-state index contributed by atoms with van der Waals surface area (Å²) >= 11 is 6.17. The average Bonchev–Trinajstić information content (AvgIpc) is 2.61. The van der Waals surface area contributed by atoms with Gasteiger partial charge < -0.3 is 14.4 Å². The van der Waals surface area contributed by atoms with Crippen molar-refractivity contribution >= 4 is 30.3 Å². The van der Waals surface area contributed by atoms with Gasteiger partial charge in [-0.3, -0.25) is 9.79 Å². The molecule has 0 atom stereocenters. The van der Waals surface area contributed by atoms with Gasteiger partial charge in [-0.25, -0.2) is 4.57 Å². The number of likely N-dealkylation sites (N-methyl/N-ethyl adjacent to an activating group) is 1. The molecule has 0 radical (unpaired) electrons. The highest BCUT2D eigenvalue weighted by molar-refractivity contribution is 7.46. The summed E-state index contributed by atoms with van der Waals surface area (Å²) in [5.41, 5.74) is 1.48. The van der Waals surface area contributed by atoms with E-state index in [1.807, 2.05) is 19.0 Å². The Balaban J connectivity index is 2.50. The van der Waals surface area contributed by atoms with Gasteiger partial charge in [0, 0.05) is 17.5 Å². The molecule has 8 heteroatoms. The molecule has 0 aliphatic heterocycles. The highest BCUT2D eigenvalue weighted by Gasteiger charge is 2.21. The second-order valence-corrected chi connectivity index (χ2v) is 6.27.